The van der Waals surface area contributed by atoms with Crippen LogP contribution >= 0.6 is 0 Å². The van der Waals surface area contributed by atoms with Gasteiger partial charge in [0.1, 0.15) is 12.4 Å². The van der Waals surface area contributed by atoms with E-state index in [4.69, 9.17) is 14.2 Å². The minimum Gasteiger partial charge on any atom is -0.489 e. The molecule has 1 unspecified atom stereocenters. The second-order valence-electron chi connectivity index (χ2n) is 6.89. The molecule has 1 fully saturated rings. The van der Waals surface area contributed by atoms with E-state index in [1.165, 1.54) is 19.2 Å². The molecule has 0 radical (unpaired) electrons. The molecule has 8 heteroatoms. The fourth-order valence-electron chi connectivity index (χ4n) is 3.34. The Labute approximate surface area is 171 Å². The number of hydrogen-bond acceptors (Lipinski definition) is 6. The SMILES string of the molecule is COC(=O)[C@@H]1C(C)OCC[C@H]1NS(=O)(=O)c1ccc(OCc2ccccc2)cc1. The van der Waals surface area contributed by atoms with Crippen molar-refractivity contribution in [2.45, 2.75) is 37.0 Å². The molecule has 7 nitrogen and oxygen atoms in total. The summed E-state index contributed by atoms with van der Waals surface area (Å²) in [6, 6.07) is 15.3. The summed E-state index contributed by atoms with van der Waals surface area (Å²) in [5.74, 6) is -0.619. The second-order valence-corrected chi connectivity index (χ2v) is 8.60. The van der Waals surface area contributed by atoms with Crippen molar-refractivity contribution in [3.05, 3.63) is 60.2 Å². The van der Waals surface area contributed by atoms with E-state index in [0.717, 1.165) is 5.56 Å². The Kier molecular flexibility index (Phi) is 6.89. The van der Waals surface area contributed by atoms with Crippen LogP contribution < -0.4 is 9.46 Å². The Bertz CT molecular complexity index is 914. The van der Waals surface area contributed by atoms with Gasteiger partial charge in [-0.2, -0.15) is 0 Å². The van der Waals surface area contributed by atoms with Crippen LogP contribution in [0.5, 0.6) is 5.75 Å². The average Bonchev–Trinajstić information content (AvgIpc) is 2.73. The molecule has 2 aromatic rings. The molecule has 1 aliphatic rings. The van der Waals surface area contributed by atoms with Crippen molar-refractivity contribution in [1.82, 2.24) is 4.72 Å². The maximum absolute atomic E-state index is 12.8. The Balaban J connectivity index is 1.67. The van der Waals surface area contributed by atoms with Gasteiger partial charge in [0.25, 0.3) is 0 Å². The van der Waals surface area contributed by atoms with Gasteiger partial charge in [-0.15, -0.1) is 0 Å². The first kappa shape index (κ1) is 21.3. The van der Waals surface area contributed by atoms with Gasteiger partial charge in [-0.05, 0) is 43.2 Å². The summed E-state index contributed by atoms with van der Waals surface area (Å²) in [6.45, 7) is 2.50. The van der Waals surface area contributed by atoms with Gasteiger partial charge in [0.2, 0.25) is 10.0 Å². The monoisotopic (exact) mass is 419 g/mol. The van der Waals surface area contributed by atoms with Gasteiger partial charge < -0.3 is 14.2 Å². The summed E-state index contributed by atoms with van der Waals surface area (Å²) in [5, 5.41) is 0. The smallest absolute Gasteiger partial charge is 0.312 e. The number of hydrogen-bond donors (Lipinski definition) is 1. The topological polar surface area (TPSA) is 90.9 Å². The van der Waals surface area contributed by atoms with E-state index in [2.05, 4.69) is 4.72 Å². The molecule has 1 heterocycles. The maximum atomic E-state index is 12.8. The van der Waals surface area contributed by atoms with Crippen LogP contribution in [0, 0.1) is 5.92 Å². The first-order chi connectivity index (χ1) is 13.9. The van der Waals surface area contributed by atoms with Crippen LogP contribution in [0.3, 0.4) is 0 Å². The third-order valence-electron chi connectivity index (χ3n) is 4.91. The van der Waals surface area contributed by atoms with Crippen LogP contribution in [0.1, 0.15) is 18.9 Å². The lowest BCUT2D eigenvalue weighted by molar-refractivity contribution is -0.155. The van der Waals surface area contributed by atoms with Gasteiger partial charge in [-0.1, -0.05) is 30.3 Å². The van der Waals surface area contributed by atoms with E-state index in [1.54, 1.807) is 19.1 Å². The molecule has 3 rings (SSSR count). The van der Waals surface area contributed by atoms with Crippen molar-refractivity contribution in [2.24, 2.45) is 5.92 Å². The fourth-order valence-corrected chi connectivity index (χ4v) is 4.63. The summed E-state index contributed by atoms with van der Waals surface area (Å²) in [7, 11) is -2.53. The number of methoxy groups -OCH3 is 1. The van der Waals surface area contributed by atoms with Crippen LogP contribution in [-0.2, 0) is 30.9 Å². The Hall–Kier alpha value is -2.42. The summed E-state index contributed by atoms with van der Waals surface area (Å²) in [4.78, 5) is 12.2. The molecule has 2 aromatic carbocycles. The van der Waals surface area contributed by atoms with Gasteiger partial charge >= 0.3 is 5.97 Å². The zero-order chi connectivity index (χ0) is 20.9. The first-order valence-electron chi connectivity index (χ1n) is 9.39. The molecule has 0 spiro atoms. The van der Waals surface area contributed by atoms with Crippen LogP contribution in [0.25, 0.3) is 0 Å². The van der Waals surface area contributed by atoms with Crippen molar-refractivity contribution < 1.29 is 27.4 Å². The molecule has 0 aromatic heterocycles. The number of carbonyl (C=O) groups excluding carboxylic acids is 1. The van der Waals surface area contributed by atoms with E-state index in [1.807, 2.05) is 30.3 Å². The molecule has 1 N–H and O–H groups in total. The summed E-state index contributed by atoms with van der Waals surface area (Å²) in [6.07, 6.45) is -0.0422. The van der Waals surface area contributed by atoms with Gasteiger partial charge in [0.05, 0.1) is 24.0 Å². The normalized spacial score (nSPS) is 22.1. The van der Waals surface area contributed by atoms with Crippen molar-refractivity contribution in [1.29, 1.82) is 0 Å². The van der Waals surface area contributed by atoms with E-state index >= 15 is 0 Å². The third-order valence-corrected chi connectivity index (χ3v) is 6.42. The van der Waals surface area contributed by atoms with Gasteiger partial charge in [0.15, 0.2) is 0 Å². The zero-order valence-corrected chi connectivity index (χ0v) is 17.2. The molecule has 0 bridgehead atoms. The first-order valence-corrected chi connectivity index (χ1v) is 10.9. The van der Waals surface area contributed by atoms with Crippen molar-refractivity contribution in [2.75, 3.05) is 13.7 Å². The highest BCUT2D eigenvalue weighted by Gasteiger charge is 2.40. The Morgan fingerprint density at radius 2 is 1.83 bits per heavy atom. The third kappa shape index (κ3) is 5.35. The molecular formula is C21H25NO6S. The molecule has 29 heavy (non-hydrogen) atoms. The lowest BCUT2D eigenvalue weighted by Gasteiger charge is -2.34. The molecule has 0 aliphatic carbocycles. The summed E-state index contributed by atoms with van der Waals surface area (Å²) < 4.78 is 44.3. The predicted octanol–water partition coefficient (Wildman–Crippen LogP) is 2.51. The number of esters is 1. The minimum absolute atomic E-state index is 0.104. The quantitative estimate of drug-likeness (QED) is 0.694. The maximum Gasteiger partial charge on any atom is 0.312 e. The van der Waals surface area contributed by atoms with Crippen LogP contribution in [-0.4, -0.2) is 40.2 Å². The standard InChI is InChI=1S/C21H25NO6S/c1-15-20(21(23)26-2)19(12-13-27-15)22-29(24,25)18-10-8-17(9-11-18)28-14-16-6-4-3-5-7-16/h3-11,15,19-20,22H,12-14H2,1-2H3/t15?,19-,20-/m1/s1. The van der Waals surface area contributed by atoms with Crippen molar-refractivity contribution in [3.63, 3.8) is 0 Å². The van der Waals surface area contributed by atoms with Crippen molar-refractivity contribution >= 4 is 16.0 Å². The Morgan fingerprint density at radius 1 is 1.14 bits per heavy atom. The molecule has 0 amide bonds. The molecule has 1 aliphatic heterocycles. The number of benzene rings is 2. The molecular weight excluding hydrogens is 394 g/mol. The molecule has 0 saturated carbocycles. The lowest BCUT2D eigenvalue weighted by Crippen LogP contribution is -2.52. The predicted molar refractivity (Wildman–Crippen MR) is 107 cm³/mol. The molecule has 156 valence electrons. The zero-order valence-electron chi connectivity index (χ0n) is 16.4. The Morgan fingerprint density at radius 3 is 2.48 bits per heavy atom. The highest BCUT2D eigenvalue weighted by Crippen LogP contribution is 2.25. The number of sulfonamides is 1. The number of ether oxygens (including phenoxy) is 3. The number of nitrogens with one attached hydrogen (secondary N) is 1. The highest BCUT2D eigenvalue weighted by molar-refractivity contribution is 7.89. The number of carbonyl (C=O) groups is 1. The van der Waals surface area contributed by atoms with Crippen molar-refractivity contribution in [3.8, 4) is 5.75 Å². The van der Waals surface area contributed by atoms with Crippen LogP contribution in [0.4, 0.5) is 0 Å². The van der Waals surface area contributed by atoms with Gasteiger partial charge in [0, 0.05) is 12.6 Å². The lowest BCUT2D eigenvalue weighted by atomic mass is 9.91. The summed E-state index contributed by atoms with van der Waals surface area (Å²) >= 11 is 0. The highest BCUT2D eigenvalue weighted by atomic mass is 32.2. The van der Waals surface area contributed by atoms with Gasteiger partial charge in [-0.3, -0.25) is 4.79 Å². The van der Waals surface area contributed by atoms with Crippen LogP contribution in [0.15, 0.2) is 59.5 Å². The van der Waals surface area contributed by atoms with Crippen LogP contribution in [0.2, 0.25) is 0 Å². The second kappa shape index (κ2) is 9.39. The number of rotatable bonds is 7. The fraction of sp³-hybridized carbons (Fsp3) is 0.381. The van der Waals surface area contributed by atoms with E-state index < -0.39 is 34.1 Å². The summed E-state index contributed by atoms with van der Waals surface area (Å²) in [5.41, 5.74) is 1.02. The molecule has 1 saturated heterocycles. The average molecular weight is 419 g/mol. The molecule has 3 atom stereocenters. The largest absolute Gasteiger partial charge is 0.489 e. The minimum atomic E-state index is -3.81. The van der Waals surface area contributed by atoms with E-state index in [-0.39, 0.29) is 4.90 Å². The van der Waals surface area contributed by atoms with E-state index in [0.29, 0.717) is 25.4 Å². The van der Waals surface area contributed by atoms with Gasteiger partial charge in [-0.25, -0.2) is 13.1 Å². The van der Waals surface area contributed by atoms with E-state index in [9.17, 15) is 13.2 Å².